The first kappa shape index (κ1) is 15.3. The molecule has 20 heavy (non-hydrogen) atoms. The lowest BCUT2D eigenvalue weighted by Crippen LogP contribution is -2.25. The lowest BCUT2D eigenvalue weighted by atomic mass is 10.2. The van der Waals surface area contributed by atoms with Gasteiger partial charge in [0, 0.05) is 19.7 Å². The number of hydrogen-bond acceptors (Lipinski definition) is 7. The van der Waals surface area contributed by atoms with Crippen molar-refractivity contribution in [2.75, 3.05) is 19.0 Å². The van der Waals surface area contributed by atoms with Crippen LogP contribution >= 0.6 is 0 Å². The van der Waals surface area contributed by atoms with Gasteiger partial charge in [-0.1, -0.05) is 0 Å². The summed E-state index contributed by atoms with van der Waals surface area (Å²) < 4.78 is 4.96. The van der Waals surface area contributed by atoms with Crippen molar-refractivity contribution in [3.8, 4) is 6.07 Å². The van der Waals surface area contributed by atoms with Crippen molar-refractivity contribution in [2.45, 2.75) is 12.5 Å². The summed E-state index contributed by atoms with van der Waals surface area (Å²) in [5, 5.41) is 30.9. The first-order chi connectivity index (χ1) is 9.47. The molecule has 2 N–H and O–H groups in total. The molecule has 0 spiro atoms. The number of ether oxygens (including phenoxy) is 1. The highest BCUT2D eigenvalue weighted by molar-refractivity contribution is 5.67. The quantitative estimate of drug-likeness (QED) is 0.551. The number of pyridine rings is 1. The molecule has 0 aliphatic carbocycles. The average molecular weight is 280 g/mol. The fourth-order valence-electron chi connectivity index (χ4n) is 1.42. The van der Waals surface area contributed by atoms with Crippen LogP contribution in [-0.4, -0.2) is 40.7 Å². The van der Waals surface area contributed by atoms with Crippen LogP contribution in [0.4, 0.5) is 11.5 Å². The van der Waals surface area contributed by atoms with Gasteiger partial charge >= 0.3 is 5.97 Å². The number of nitrogens with zero attached hydrogens (tertiary/aromatic N) is 3. The molecule has 1 aromatic heterocycles. The van der Waals surface area contributed by atoms with E-state index in [1.54, 1.807) is 6.07 Å². The second kappa shape index (κ2) is 7.01. The standard InChI is InChI=1S/C11H12N4O5/c1-20-9(3-10(16)17)6-14-11-7(4-12)2-8(5-13-11)15(18)19/h2,5,9H,3,6H2,1H3,(H,13,14)(H,16,17). The highest BCUT2D eigenvalue weighted by Crippen LogP contribution is 2.18. The smallest absolute Gasteiger partial charge is 0.306 e. The highest BCUT2D eigenvalue weighted by atomic mass is 16.6. The maximum atomic E-state index is 10.6. The fraction of sp³-hybridized carbons (Fsp3) is 0.364. The number of nitro groups is 1. The second-order valence-corrected chi connectivity index (χ2v) is 3.80. The van der Waals surface area contributed by atoms with Crippen molar-refractivity contribution in [3.05, 3.63) is 27.9 Å². The number of carboxylic acids is 1. The van der Waals surface area contributed by atoms with Crippen LogP contribution in [0.1, 0.15) is 12.0 Å². The molecule has 9 nitrogen and oxygen atoms in total. The summed E-state index contributed by atoms with van der Waals surface area (Å²) in [4.78, 5) is 24.3. The van der Waals surface area contributed by atoms with E-state index in [0.717, 1.165) is 12.3 Å². The van der Waals surface area contributed by atoms with Crippen molar-refractivity contribution in [3.63, 3.8) is 0 Å². The van der Waals surface area contributed by atoms with E-state index >= 15 is 0 Å². The van der Waals surface area contributed by atoms with Gasteiger partial charge in [0.2, 0.25) is 0 Å². The molecule has 0 amide bonds. The van der Waals surface area contributed by atoms with E-state index in [2.05, 4.69) is 10.3 Å². The lowest BCUT2D eigenvalue weighted by molar-refractivity contribution is -0.385. The van der Waals surface area contributed by atoms with E-state index < -0.39 is 17.0 Å². The molecule has 9 heteroatoms. The number of aromatic nitrogens is 1. The summed E-state index contributed by atoms with van der Waals surface area (Å²) in [5.41, 5.74) is -0.287. The molecular weight excluding hydrogens is 268 g/mol. The van der Waals surface area contributed by atoms with E-state index in [-0.39, 0.29) is 30.0 Å². The van der Waals surface area contributed by atoms with Gasteiger partial charge in [-0.3, -0.25) is 14.9 Å². The lowest BCUT2D eigenvalue weighted by Gasteiger charge is -2.14. The molecule has 1 heterocycles. The van der Waals surface area contributed by atoms with Gasteiger partial charge in [0.15, 0.2) is 0 Å². The van der Waals surface area contributed by atoms with Crippen molar-refractivity contribution >= 4 is 17.5 Å². The zero-order valence-corrected chi connectivity index (χ0v) is 10.6. The van der Waals surface area contributed by atoms with Crippen LogP contribution in [0.25, 0.3) is 0 Å². The molecule has 1 unspecified atom stereocenters. The van der Waals surface area contributed by atoms with Crippen LogP contribution in [0.2, 0.25) is 0 Å². The molecule has 0 fully saturated rings. The van der Waals surface area contributed by atoms with Crippen LogP contribution in [0.5, 0.6) is 0 Å². The van der Waals surface area contributed by atoms with E-state index in [9.17, 15) is 14.9 Å². The van der Waals surface area contributed by atoms with E-state index in [0.29, 0.717) is 0 Å². The van der Waals surface area contributed by atoms with Crippen molar-refractivity contribution in [1.29, 1.82) is 5.26 Å². The average Bonchev–Trinajstić information content (AvgIpc) is 2.42. The van der Waals surface area contributed by atoms with Crippen LogP contribution in [0.15, 0.2) is 12.3 Å². The van der Waals surface area contributed by atoms with Crippen LogP contribution in [0.3, 0.4) is 0 Å². The SMILES string of the molecule is COC(CNc1ncc([N+](=O)[O-])cc1C#N)CC(=O)O. The Morgan fingerprint density at radius 3 is 2.95 bits per heavy atom. The monoisotopic (exact) mass is 280 g/mol. The van der Waals surface area contributed by atoms with Crippen LogP contribution < -0.4 is 5.32 Å². The van der Waals surface area contributed by atoms with Crippen LogP contribution in [-0.2, 0) is 9.53 Å². The zero-order valence-electron chi connectivity index (χ0n) is 10.6. The maximum Gasteiger partial charge on any atom is 0.306 e. The number of aliphatic carboxylic acids is 1. The summed E-state index contributed by atoms with van der Waals surface area (Å²) in [6.07, 6.45) is 0.205. The Kier molecular flexibility index (Phi) is 5.37. The van der Waals surface area contributed by atoms with Gasteiger partial charge in [0.05, 0.1) is 17.4 Å². The fourth-order valence-corrected chi connectivity index (χ4v) is 1.42. The number of rotatable bonds is 7. The Morgan fingerprint density at radius 2 is 2.45 bits per heavy atom. The van der Waals surface area contributed by atoms with Crippen molar-refractivity contribution in [1.82, 2.24) is 4.98 Å². The molecule has 0 aliphatic heterocycles. The predicted molar refractivity (Wildman–Crippen MR) is 67.1 cm³/mol. The number of carboxylic acid groups (broad SMARTS) is 1. The third-order valence-corrected chi connectivity index (χ3v) is 2.44. The van der Waals surface area contributed by atoms with Gasteiger partial charge in [-0.25, -0.2) is 4.98 Å². The highest BCUT2D eigenvalue weighted by Gasteiger charge is 2.15. The number of hydrogen-bond donors (Lipinski definition) is 2. The number of carbonyl (C=O) groups is 1. The molecular formula is C11H12N4O5. The van der Waals surface area contributed by atoms with E-state index in [1.807, 2.05) is 0 Å². The van der Waals surface area contributed by atoms with Gasteiger partial charge in [-0.15, -0.1) is 0 Å². The third kappa shape index (κ3) is 4.18. The van der Waals surface area contributed by atoms with Gasteiger partial charge in [0.25, 0.3) is 5.69 Å². The Labute approximate surface area is 114 Å². The van der Waals surface area contributed by atoms with Gasteiger partial charge in [-0.05, 0) is 0 Å². The first-order valence-electron chi connectivity index (χ1n) is 5.51. The topological polar surface area (TPSA) is 138 Å². The normalized spacial score (nSPS) is 11.4. The van der Waals surface area contributed by atoms with Crippen LogP contribution in [0, 0.1) is 21.4 Å². The summed E-state index contributed by atoms with van der Waals surface area (Å²) in [5.74, 6) is -0.874. The molecule has 0 bridgehead atoms. The summed E-state index contributed by atoms with van der Waals surface area (Å²) >= 11 is 0. The van der Waals surface area contributed by atoms with Gasteiger partial charge in [-0.2, -0.15) is 5.26 Å². The second-order valence-electron chi connectivity index (χ2n) is 3.80. The third-order valence-electron chi connectivity index (χ3n) is 2.44. The van der Waals surface area contributed by atoms with E-state index in [4.69, 9.17) is 15.1 Å². The Balaban J connectivity index is 2.80. The van der Waals surface area contributed by atoms with E-state index in [1.165, 1.54) is 7.11 Å². The molecule has 0 saturated heterocycles. The Morgan fingerprint density at radius 1 is 1.75 bits per heavy atom. The van der Waals surface area contributed by atoms with Gasteiger partial charge < -0.3 is 15.2 Å². The first-order valence-corrected chi connectivity index (χ1v) is 5.51. The largest absolute Gasteiger partial charge is 0.481 e. The Hall–Kier alpha value is -2.73. The molecule has 0 aromatic carbocycles. The Bertz CT molecular complexity index is 554. The molecule has 0 radical (unpaired) electrons. The minimum Gasteiger partial charge on any atom is -0.481 e. The molecule has 106 valence electrons. The molecule has 1 rings (SSSR count). The molecule has 1 atom stereocenters. The maximum absolute atomic E-state index is 10.6. The summed E-state index contributed by atoms with van der Waals surface area (Å²) in [7, 11) is 1.36. The zero-order chi connectivity index (χ0) is 15.1. The van der Waals surface area contributed by atoms with Crippen molar-refractivity contribution < 1.29 is 19.6 Å². The summed E-state index contributed by atoms with van der Waals surface area (Å²) in [6, 6.07) is 2.88. The minimum absolute atomic E-state index is 0.00405. The summed E-state index contributed by atoms with van der Waals surface area (Å²) in [6.45, 7) is 0.113. The molecule has 0 saturated carbocycles. The number of anilines is 1. The van der Waals surface area contributed by atoms with Gasteiger partial charge in [0.1, 0.15) is 23.6 Å². The number of nitrogens with one attached hydrogen (secondary N) is 1. The number of methoxy groups -OCH3 is 1. The number of nitriles is 1. The van der Waals surface area contributed by atoms with Crippen molar-refractivity contribution in [2.24, 2.45) is 0 Å². The minimum atomic E-state index is -1.02. The predicted octanol–water partition coefficient (Wildman–Crippen LogP) is 0.763. The molecule has 1 aromatic rings. The molecule has 0 aliphatic rings.